The van der Waals surface area contributed by atoms with E-state index in [-0.39, 0.29) is 0 Å². The van der Waals surface area contributed by atoms with Gasteiger partial charge in [0.2, 0.25) is 6.33 Å². The van der Waals surface area contributed by atoms with Crippen LogP contribution in [-0.2, 0) is 7.05 Å². The van der Waals surface area contributed by atoms with E-state index in [1.54, 1.807) is 0 Å². The van der Waals surface area contributed by atoms with E-state index in [2.05, 4.69) is 65.6 Å². The maximum absolute atomic E-state index is 2.16. The molecule has 0 spiro atoms. The summed E-state index contributed by atoms with van der Waals surface area (Å²) in [5, 5.41) is 0. The highest BCUT2D eigenvalue weighted by Crippen LogP contribution is 2.25. The molecule has 0 radical (unpaired) electrons. The summed E-state index contributed by atoms with van der Waals surface area (Å²) in [4.78, 5) is 0. The molecule has 2 nitrogen and oxygen atoms in total. The third-order valence-electron chi connectivity index (χ3n) is 3.04. The van der Waals surface area contributed by atoms with Gasteiger partial charge in [-0.05, 0) is 11.6 Å². The van der Waals surface area contributed by atoms with Gasteiger partial charge in [-0.15, -0.1) is 0 Å². The van der Waals surface area contributed by atoms with E-state index in [1.807, 2.05) is 23.9 Å². The Hall–Kier alpha value is -2.35. The topological polar surface area (TPSA) is 8.81 Å². The van der Waals surface area contributed by atoms with Gasteiger partial charge in [0.05, 0.1) is 7.05 Å². The molecule has 0 saturated carbocycles. The number of nitrogens with zero attached hydrogens (tertiary/aromatic N) is 2. The fraction of sp³-hybridized carbons (Fsp3) is 0.0625. The Bertz CT molecular complexity index is 654. The molecule has 2 heteroatoms. The Balaban J connectivity index is 2.17. The van der Waals surface area contributed by atoms with Crippen molar-refractivity contribution in [1.82, 2.24) is 4.57 Å². The second-order valence-corrected chi connectivity index (χ2v) is 4.37. The molecule has 0 atom stereocenters. The number of para-hydroxylation sites is 1. The Labute approximate surface area is 107 Å². The number of aryl methyl sites for hydroxylation is 1. The first kappa shape index (κ1) is 10.8. The minimum absolute atomic E-state index is 1.20. The van der Waals surface area contributed by atoms with Crippen LogP contribution >= 0.6 is 0 Å². The van der Waals surface area contributed by atoms with Crippen molar-refractivity contribution in [2.75, 3.05) is 0 Å². The lowest BCUT2D eigenvalue weighted by atomic mass is 10.0. The van der Waals surface area contributed by atoms with Gasteiger partial charge in [0.25, 0.3) is 0 Å². The first-order valence-corrected chi connectivity index (χ1v) is 6.02. The van der Waals surface area contributed by atoms with Crippen molar-refractivity contribution in [1.29, 1.82) is 0 Å². The predicted octanol–water partition coefficient (Wildman–Crippen LogP) is 2.97. The molecule has 0 aliphatic carbocycles. The molecule has 0 aliphatic heterocycles. The number of aromatic nitrogens is 2. The number of hydrogen-bond donors (Lipinski definition) is 0. The van der Waals surface area contributed by atoms with E-state index in [1.165, 1.54) is 16.8 Å². The second-order valence-electron chi connectivity index (χ2n) is 4.37. The van der Waals surface area contributed by atoms with Gasteiger partial charge < -0.3 is 0 Å². The number of hydrogen-bond acceptors (Lipinski definition) is 0. The van der Waals surface area contributed by atoms with Crippen molar-refractivity contribution in [3.63, 3.8) is 0 Å². The highest BCUT2D eigenvalue weighted by Gasteiger charge is 2.10. The van der Waals surface area contributed by atoms with Crippen molar-refractivity contribution in [2.45, 2.75) is 0 Å². The van der Waals surface area contributed by atoms with Crippen molar-refractivity contribution < 1.29 is 4.57 Å². The summed E-state index contributed by atoms with van der Waals surface area (Å²) < 4.78 is 4.18. The zero-order valence-electron chi connectivity index (χ0n) is 10.3. The molecule has 0 aliphatic rings. The van der Waals surface area contributed by atoms with Crippen LogP contribution < -0.4 is 4.57 Å². The molecule has 3 aromatic rings. The third-order valence-corrected chi connectivity index (χ3v) is 3.04. The highest BCUT2D eigenvalue weighted by atomic mass is 15.1. The zero-order chi connectivity index (χ0) is 12.4. The van der Waals surface area contributed by atoms with Gasteiger partial charge in [-0.25, -0.2) is 9.13 Å². The van der Waals surface area contributed by atoms with Crippen LogP contribution in [0, 0.1) is 0 Å². The quantitative estimate of drug-likeness (QED) is 0.604. The van der Waals surface area contributed by atoms with E-state index in [0.29, 0.717) is 0 Å². The predicted molar refractivity (Wildman–Crippen MR) is 72.4 cm³/mol. The van der Waals surface area contributed by atoms with Crippen LogP contribution in [0.1, 0.15) is 0 Å². The van der Waals surface area contributed by atoms with Crippen molar-refractivity contribution in [2.24, 2.45) is 7.05 Å². The van der Waals surface area contributed by atoms with Gasteiger partial charge in [-0.2, -0.15) is 0 Å². The van der Waals surface area contributed by atoms with E-state index < -0.39 is 0 Å². The molecule has 0 N–H and O–H groups in total. The van der Waals surface area contributed by atoms with Gasteiger partial charge in [0.15, 0.2) is 0 Å². The summed E-state index contributed by atoms with van der Waals surface area (Å²) in [5.74, 6) is 0. The fourth-order valence-electron chi connectivity index (χ4n) is 2.15. The van der Waals surface area contributed by atoms with Crippen LogP contribution in [0.15, 0.2) is 73.3 Å². The molecule has 0 saturated heterocycles. The van der Waals surface area contributed by atoms with Crippen molar-refractivity contribution in [3.8, 4) is 16.8 Å². The smallest absolute Gasteiger partial charge is 0.239 e. The Morgan fingerprint density at radius 1 is 0.889 bits per heavy atom. The molecule has 0 unspecified atom stereocenters. The Morgan fingerprint density at radius 3 is 2.33 bits per heavy atom. The maximum Gasteiger partial charge on any atom is 0.248 e. The molecular weight excluding hydrogens is 220 g/mol. The minimum atomic E-state index is 1.20. The molecule has 1 heterocycles. The summed E-state index contributed by atoms with van der Waals surface area (Å²) in [7, 11) is 2.03. The molecule has 0 bridgehead atoms. The van der Waals surface area contributed by atoms with Crippen molar-refractivity contribution >= 4 is 0 Å². The van der Waals surface area contributed by atoms with E-state index in [0.717, 1.165) is 0 Å². The van der Waals surface area contributed by atoms with Gasteiger partial charge in [0.1, 0.15) is 18.1 Å². The summed E-state index contributed by atoms with van der Waals surface area (Å²) in [5.41, 5.74) is 3.68. The molecule has 0 fully saturated rings. The molecule has 18 heavy (non-hydrogen) atoms. The summed E-state index contributed by atoms with van der Waals surface area (Å²) in [6.45, 7) is 0. The largest absolute Gasteiger partial charge is 0.248 e. The van der Waals surface area contributed by atoms with Crippen molar-refractivity contribution in [3.05, 3.63) is 73.3 Å². The molecule has 2 aromatic carbocycles. The number of imidazole rings is 1. The Kier molecular flexibility index (Phi) is 2.69. The standard InChI is InChI=1S/C16H15N2/c1-17-11-12-18(13-17)16-10-6-5-9-15(16)14-7-3-2-4-8-14/h2-13H,1H3/q+1. The van der Waals surface area contributed by atoms with Crippen LogP contribution in [0.2, 0.25) is 0 Å². The van der Waals surface area contributed by atoms with Crippen LogP contribution in [0.3, 0.4) is 0 Å². The van der Waals surface area contributed by atoms with Crippen LogP contribution in [0.25, 0.3) is 16.8 Å². The number of rotatable bonds is 2. The molecule has 1 aromatic heterocycles. The molecular formula is C16H15N2+. The van der Waals surface area contributed by atoms with Crippen LogP contribution in [-0.4, -0.2) is 4.57 Å². The zero-order valence-corrected chi connectivity index (χ0v) is 10.3. The van der Waals surface area contributed by atoms with Gasteiger partial charge >= 0.3 is 0 Å². The molecule has 3 rings (SSSR count). The molecule has 88 valence electrons. The van der Waals surface area contributed by atoms with E-state index in [4.69, 9.17) is 0 Å². The summed E-state index contributed by atoms with van der Waals surface area (Å²) in [6, 6.07) is 18.9. The first-order chi connectivity index (χ1) is 8.84. The van der Waals surface area contributed by atoms with E-state index in [9.17, 15) is 0 Å². The molecule has 0 amide bonds. The average molecular weight is 235 g/mol. The van der Waals surface area contributed by atoms with Gasteiger partial charge in [-0.3, -0.25) is 0 Å². The first-order valence-electron chi connectivity index (χ1n) is 6.02. The summed E-state index contributed by atoms with van der Waals surface area (Å²) in [6.07, 6.45) is 6.19. The normalized spacial score (nSPS) is 10.5. The number of benzene rings is 2. The van der Waals surface area contributed by atoms with Crippen LogP contribution in [0.5, 0.6) is 0 Å². The fourth-order valence-corrected chi connectivity index (χ4v) is 2.15. The lowest BCUT2D eigenvalue weighted by Gasteiger charge is -2.05. The Morgan fingerprint density at radius 2 is 1.61 bits per heavy atom. The highest BCUT2D eigenvalue weighted by molar-refractivity contribution is 5.72. The van der Waals surface area contributed by atoms with Crippen LogP contribution in [0.4, 0.5) is 0 Å². The third kappa shape index (κ3) is 1.93. The second kappa shape index (κ2) is 4.49. The average Bonchev–Trinajstić information content (AvgIpc) is 2.86. The van der Waals surface area contributed by atoms with Gasteiger partial charge in [0, 0.05) is 5.56 Å². The lowest BCUT2D eigenvalue weighted by Crippen LogP contribution is -2.23. The summed E-state index contributed by atoms with van der Waals surface area (Å²) >= 11 is 0. The monoisotopic (exact) mass is 235 g/mol. The maximum atomic E-state index is 2.16. The van der Waals surface area contributed by atoms with Gasteiger partial charge in [-0.1, -0.05) is 48.5 Å². The van der Waals surface area contributed by atoms with E-state index >= 15 is 0 Å². The lowest BCUT2D eigenvalue weighted by molar-refractivity contribution is -0.670. The SMILES string of the molecule is C[n+]1ccn(-c2ccccc2-c2ccccc2)c1. The minimum Gasteiger partial charge on any atom is -0.239 e.